The van der Waals surface area contributed by atoms with Gasteiger partial charge in [-0.15, -0.1) is 0 Å². The van der Waals surface area contributed by atoms with Crippen LogP contribution in [-0.2, 0) is 19.6 Å². The van der Waals surface area contributed by atoms with E-state index in [-0.39, 0.29) is 5.02 Å². The Balaban J connectivity index is 3.26. The summed E-state index contributed by atoms with van der Waals surface area (Å²) < 4.78 is 43.9. The Labute approximate surface area is 122 Å². The summed E-state index contributed by atoms with van der Waals surface area (Å²) in [6, 6.07) is 2.72. The number of benzene rings is 1. The fraction of sp³-hybridized carbons (Fsp3) is 0.417. The maximum absolute atomic E-state index is 13.8. The zero-order valence-corrected chi connectivity index (χ0v) is 12.8. The lowest BCUT2D eigenvalue weighted by atomic mass is 10.3. The lowest BCUT2D eigenvalue weighted by Crippen LogP contribution is -2.41. The smallest absolute Gasteiger partial charge is 0.321 e. The Morgan fingerprint density at radius 3 is 2.50 bits per heavy atom. The van der Waals surface area contributed by atoms with E-state index in [4.69, 9.17) is 11.6 Å². The fourth-order valence-electron chi connectivity index (χ4n) is 1.55. The molecule has 1 aromatic rings. The maximum Gasteiger partial charge on any atom is 0.321 e. The van der Waals surface area contributed by atoms with Crippen LogP contribution >= 0.6 is 11.6 Å². The first-order valence-corrected chi connectivity index (χ1v) is 7.55. The van der Waals surface area contributed by atoms with Crippen LogP contribution < -0.4 is 0 Å². The first kappa shape index (κ1) is 16.9. The number of carbonyl (C=O) groups excluding carboxylic acids is 1. The highest BCUT2D eigenvalue weighted by molar-refractivity contribution is 7.89. The van der Waals surface area contributed by atoms with E-state index in [0.717, 1.165) is 23.5 Å². The van der Waals surface area contributed by atoms with Gasteiger partial charge in [0, 0.05) is 11.1 Å². The van der Waals surface area contributed by atoms with Gasteiger partial charge in [0.2, 0.25) is 10.0 Å². The van der Waals surface area contributed by atoms with E-state index in [1.54, 1.807) is 13.8 Å². The van der Waals surface area contributed by atoms with E-state index in [1.165, 1.54) is 6.07 Å². The van der Waals surface area contributed by atoms with Crippen molar-refractivity contribution in [3.63, 3.8) is 0 Å². The highest BCUT2D eigenvalue weighted by atomic mass is 35.5. The Morgan fingerprint density at radius 2 is 2.05 bits per heavy atom. The van der Waals surface area contributed by atoms with Crippen LogP contribution in [0.25, 0.3) is 0 Å². The Hall–Kier alpha value is -1.18. The number of carbonyl (C=O) groups is 1. The first-order chi connectivity index (χ1) is 9.20. The lowest BCUT2D eigenvalue weighted by Gasteiger charge is -2.24. The van der Waals surface area contributed by atoms with Gasteiger partial charge in [0.1, 0.15) is 17.3 Å². The monoisotopic (exact) mass is 323 g/mol. The van der Waals surface area contributed by atoms with Gasteiger partial charge in [0.25, 0.3) is 0 Å². The molecule has 0 bridgehead atoms. The third kappa shape index (κ3) is 3.68. The summed E-state index contributed by atoms with van der Waals surface area (Å²) in [5.41, 5.74) is 0. The fourth-order valence-corrected chi connectivity index (χ4v) is 3.33. The molecule has 0 radical (unpaired) electrons. The number of sulfonamides is 1. The molecule has 20 heavy (non-hydrogen) atoms. The molecule has 1 rings (SSSR count). The highest BCUT2D eigenvalue weighted by Crippen LogP contribution is 2.23. The molecule has 112 valence electrons. The second-order valence-electron chi connectivity index (χ2n) is 4.29. The van der Waals surface area contributed by atoms with E-state index in [0.29, 0.717) is 0 Å². The molecule has 0 fully saturated rings. The van der Waals surface area contributed by atoms with E-state index >= 15 is 0 Å². The van der Waals surface area contributed by atoms with E-state index in [9.17, 15) is 17.6 Å². The third-order valence-electron chi connectivity index (χ3n) is 2.57. The molecule has 0 atom stereocenters. The molecule has 0 saturated heterocycles. The van der Waals surface area contributed by atoms with Crippen molar-refractivity contribution >= 4 is 27.6 Å². The van der Waals surface area contributed by atoms with Crippen LogP contribution in [0, 0.1) is 5.82 Å². The molecular weight excluding hydrogens is 309 g/mol. The summed E-state index contributed by atoms with van der Waals surface area (Å²) in [4.78, 5) is 10.8. The van der Waals surface area contributed by atoms with Gasteiger partial charge < -0.3 is 4.74 Å². The van der Waals surface area contributed by atoms with Gasteiger partial charge >= 0.3 is 5.97 Å². The molecule has 0 spiro atoms. The number of hydrogen-bond donors (Lipinski definition) is 0. The summed E-state index contributed by atoms with van der Waals surface area (Å²) in [5, 5.41) is 0.0884. The van der Waals surface area contributed by atoms with E-state index in [2.05, 4.69) is 4.74 Å². The Kier molecular flexibility index (Phi) is 5.50. The molecule has 0 amide bonds. The van der Waals surface area contributed by atoms with Gasteiger partial charge in [-0.05, 0) is 32.0 Å². The summed E-state index contributed by atoms with van der Waals surface area (Å²) >= 11 is 5.59. The van der Waals surface area contributed by atoms with Crippen LogP contribution in [0.15, 0.2) is 23.1 Å². The van der Waals surface area contributed by atoms with Gasteiger partial charge in [0.15, 0.2) is 0 Å². The SMILES string of the molecule is COC(=O)CN(C(C)C)S(=O)(=O)c1ccc(Cl)cc1F. The molecule has 0 unspecified atom stereocenters. The van der Waals surface area contributed by atoms with Gasteiger partial charge in [-0.2, -0.15) is 4.31 Å². The van der Waals surface area contributed by atoms with Crippen LogP contribution in [0.2, 0.25) is 5.02 Å². The van der Waals surface area contributed by atoms with Gasteiger partial charge in [-0.25, -0.2) is 12.8 Å². The van der Waals surface area contributed by atoms with Crippen molar-refractivity contribution < 1.29 is 22.3 Å². The summed E-state index contributed by atoms with van der Waals surface area (Å²) in [5.74, 6) is -1.69. The molecular formula is C12H15ClFNO4S. The van der Waals surface area contributed by atoms with Crippen molar-refractivity contribution in [2.24, 2.45) is 0 Å². The maximum atomic E-state index is 13.8. The second kappa shape index (κ2) is 6.51. The molecule has 5 nitrogen and oxygen atoms in total. The van der Waals surface area contributed by atoms with Crippen molar-refractivity contribution in [1.29, 1.82) is 0 Å². The van der Waals surface area contributed by atoms with Crippen LogP contribution in [-0.4, -0.2) is 38.4 Å². The van der Waals surface area contributed by atoms with Crippen LogP contribution in [0.4, 0.5) is 4.39 Å². The van der Waals surface area contributed by atoms with Crippen LogP contribution in [0.3, 0.4) is 0 Å². The number of nitrogens with zero attached hydrogens (tertiary/aromatic N) is 1. The number of rotatable bonds is 5. The normalized spacial score (nSPS) is 11.9. The molecule has 0 heterocycles. The highest BCUT2D eigenvalue weighted by Gasteiger charge is 2.31. The molecule has 8 heteroatoms. The Bertz CT molecular complexity index is 603. The first-order valence-electron chi connectivity index (χ1n) is 5.74. The zero-order valence-electron chi connectivity index (χ0n) is 11.3. The summed E-state index contributed by atoms with van der Waals surface area (Å²) in [7, 11) is -3.00. The molecule has 0 aliphatic rings. The quantitative estimate of drug-likeness (QED) is 0.778. The van der Waals surface area contributed by atoms with Gasteiger partial charge in [-0.1, -0.05) is 11.6 Å². The van der Waals surface area contributed by atoms with Crippen LogP contribution in [0.5, 0.6) is 0 Å². The average molecular weight is 324 g/mol. The van der Waals surface area contributed by atoms with Crippen molar-refractivity contribution in [2.75, 3.05) is 13.7 Å². The lowest BCUT2D eigenvalue weighted by molar-refractivity contribution is -0.141. The predicted molar refractivity (Wildman–Crippen MR) is 72.5 cm³/mol. The molecule has 0 saturated carbocycles. The topological polar surface area (TPSA) is 63.7 Å². The number of halogens is 2. The van der Waals surface area contributed by atoms with Crippen molar-refractivity contribution in [3.8, 4) is 0 Å². The minimum atomic E-state index is -4.15. The second-order valence-corrected chi connectivity index (χ2v) is 6.59. The van der Waals surface area contributed by atoms with E-state index < -0.39 is 39.3 Å². The molecule has 0 aromatic heterocycles. The number of esters is 1. The molecule has 0 N–H and O–H groups in total. The largest absolute Gasteiger partial charge is 0.468 e. The Morgan fingerprint density at radius 1 is 1.45 bits per heavy atom. The predicted octanol–water partition coefficient (Wildman–Crippen LogP) is 2.05. The van der Waals surface area contributed by atoms with Crippen molar-refractivity contribution in [2.45, 2.75) is 24.8 Å². The molecule has 0 aliphatic heterocycles. The third-order valence-corrected chi connectivity index (χ3v) is 4.86. The van der Waals surface area contributed by atoms with Gasteiger partial charge in [-0.3, -0.25) is 4.79 Å². The molecule has 1 aromatic carbocycles. The molecule has 0 aliphatic carbocycles. The number of hydrogen-bond acceptors (Lipinski definition) is 4. The number of methoxy groups -OCH3 is 1. The number of ether oxygens (including phenoxy) is 1. The zero-order chi connectivity index (χ0) is 15.5. The van der Waals surface area contributed by atoms with Crippen molar-refractivity contribution in [3.05, 3.63) is 29.0 Å². The average Bonchev–Trinajstić information content (AvgIpc) is 2.34. The standard InChI is InChI=1S/C12H15ClFNO4S/c1-8(2)15(7-12(16)19-3)20(17,18)11-5-4-9(13)6-10(11)14/h4-6,8H,7H2,1-3H3. The minimum Gasteiger partial charge on any atom is -0.468 e. The van der Waals surface area contributed by atoms with Crippen molar-refractivity contribution in [1.82, 2.24) is 4.31 Å². The summed E-state index contributed by atoms with van der Waals surface area (Å²) in [6.45, 7) is 2.67. The van der Waals surface area contributed by atoms with E-state index in [1.807, 2.05) is 0 Å². The van der Waals surface area contributed by atoms with Gasteiger partial charge in [0.05, 0.1) is 7.11 Å². The van der Waals surface area contributed by atoms with Crippen LogP contribution in [0.1, 0.15) is 13.8 Å². The summed E-state index contributed by atoms with van der Waals surface area (Å²) in [6.07, 6.45) is 0. The minimum absolute atomic E-state index is 0.0884.